The first kappa shape index (κ1) is 19.1. The van der Waals surface area contributed by atoms with Crippen molar-refractivity contribution in [1.29, 1.82) is 0 Å². The Kier molecular flexibility index (Phi) is 7.56. The normalized spacial score (nSPS) is 11.8. The summed E-state index contributed by atoms with van der Waals surface area (Å²) in [5.41, 5.74) is 1.23. The molecular weight excluding hydrogens is 340 g/mol. The topological polar surface area (TPSA) is 77.5 Å². The third-order valence-corrected chi connectivity index (χ3v) is 4.30. The molecule has 1 heterocycles. The van der Waals surface area contributed by atoms with Crippen molar-refractivity contribution >= 4 is 23.2 Å². The van der Waals surface area contributed by atoms with Crippen LogP contribution in [-0.2, 0) is 20.9 Å². The summed E-state index contributed by atoms with van der Waals surface area (Å²) in [6, 6.07) is 9.65. The Labute approximate surface area is 151 Å². The SMILES string of the molecule is CCCC(NC(=O)COC(=O)c1csc(COC)n1)c1ccccc1. The molecule has 2 aromatic rings. The van der Waals surface area contributed by atoms with Gasteiger partial charge in [0.2, 0.25) is 0 Å². The van der Waals surface area contributed by atoms with E-state index in [1.165, 1.54) is 11.3 Å². The fourth-order valence-corrected chi connectivity index (χ4v) is 3.07. The highest BCUT2D eigenvalue weighted by atomic mass is 32.1. The molecule has 1 N–H and O–H groups in total. The van der Waals surface area contributed by atoms with Crippen LogP contribution in [0.2, 0.25) is 0 Å². The van der Waals surface area contributed by atoms with E-state index in [4.69, 9.17) is 9.47 Å². The van der Waals surface area contributed by atoms with Gasteiger partial charge in [0.15, 0.2) is 12.3 Å². The molecule has 6 nitrogen and oxygen atoms in total. The number of rotatable bonds is 9. The maximum Gasteiger partial charge on any atom is 0.358 e. The predicted molar refractivity (Wildman–Crippen MR) is 95.3 cm³/mol. The molecule has 1 aromatic carbocycles. The van der Waals surface area contributed by atoms with Crippen LogP contribution in [0.4, 0.5) is 0 Å². The van der Waals surface area contributed by atoms with Gasteiger partial charge >= 0.3 is 5.97 Å². The minimum atomic E-state index is -0.611. The molecule has 0 saturated carbocycles. The van der Waals surface area contributed by atoms with E-state index in [1.54, 1.807) is 12.5 Å². The molecule has 0 aliphatic heterocycles. The first-order chi connectivity index (χ1) is 12.1. The summed E-state index contributed by atoms with van der Waals surface area (Å²) in [6.07, 6.45) is 1.75. The second-order valence-electron chi connectivity index (χ2n) is 5.46. The van der Waals surface area contributed by atoms with Gasteiger partial charge in [-0.2, -0.15) is 0 Å². The van der Waals surface area contributed by atoms with Gasteiger partial charge < -0.3 is 14.8 Å². The number of ether oxygens (including phenoxy) is 2. The number of carbonyl (C=O) groups is 2. The Bertz CT molecular complexity index is 687. The standard InChI is InChI=1S/C18H22N2O4S/c1-3-7-14(13-8-5-4-6-9-13)19-16(21)10-24-18(22)15-12-25-17(20-15)11-23-2/h4-6,8-9,12,14H,3,7,10-11H2,1-2H3,(H,19,21). The highest BCUT2D eigenvalue weighted by Gasteiger charge is 2.17. The molecule has 0 aliphatic carbocycles. The number of benzene rings is 1. The van der Waals surface area contributed by atoms with Crippen molar-refractivity contribution in [3.05, 3.63) is 52.0 Å². The zero-order chi connectivity index (χ0) is 18.1. The van der Waals surface area contributed by atoms with Gasteiger partial charge in [-0.1, -0.05) is 43.7 Å². The van der Waals surface area contributed by atoms with Crippen molar-refractivity contribution in [2.45, 2.75) is 32.4 Å². The molecule has 0 fully saturated rings. The van der Waals surface area contributed by atoms with E-state index < -0.39 is 5.97 Å². The number of methoxy groups -OCH3 is 1. The smallest absolute Gasteiger partial charge is 0.358 e. The van der Waals surface area contributed by atoms with Gasteiger partial charge in [0, 0.05) is 12.5 Å². The zero-order valence-corrected chi connectivity index (χ0v) is 15.2. The summed E-state index contributed by atoms with van der Waals surface area (Å²) in [7, 11) is 1.56. The van der Waals surface area contributed by atoms with E-state index in [-0.39, 0.29) is 24.2 Å². The number of esters is 1. The molecule has 0 spiro atoms. The third-order valence-electron chi connectivity index (χ3n) is 3.48. The Balaban J connectivity index is 1.86. The first-order valence-electron chi connectivity index (χ1n) is 8.08. The number of hydrogen-bond acceptors (Lipinski definition) is 6. The van der Waals surface area contributed by atoms with Crippen molar-refractivity contribution < 1.29 is 19.1 Å². The van der Waals surface area contributed by atoms with Crippen molar-refractivity contribution in [2.24, 2.45) is 0 Å². The van der Waals surface area contributed by atoms with E-state index in [1.807, 2.05) is 30.3 Å². The molecular formula is C18H22N2O4S. The van der Waals surface area contributed by atoms with Crippen LogP contribution in [0.25, 0.3) is 0 Å². The Morgan fingerprint density at radius 2 is 2.04 bits per heavy atom. The zero-order valence-electron chi connectivity index (χ0n) is 14.4. The van der Waals surface area contributed by atoms with E-state index in [0.717, 1.165) is 18.4 Å². The fourth-order valence-electron chi connectivity index (χ4n) is 2.33. The van der Waals surface area contributed by atoms with Crippen LogP contribution in [0.15, 0.2) is 35.7 Å². The van der Waals surface area contributed by atoms with Crippen LogP contribution < -0.4 is 5.32 Å². The molecule has 1 aromatic heterocycles. The summed E-state index contributed by atoms with van der Waals surface area (Å²) in [5.74, 6) is -0.941. The van der Waals surface area contributed by atoms with Gasteiger partial charge in [-0.15, -0.1) is 11.3 Å². The fraction of sp³-hybridized carbons (Fsp3) is 0.389. The lowest BCUT2D eigenvalue weighted by Gasteiger charge is -2.18. The van der Waals surface area contributed by atoms with Gasteiger partial charge in [0.25, 0.3) is 5.91 Å². The van der Waals surface area contributed by atoms with Crippen LogP contribution in [0.1, 0.15) is 46.9 Å². The lowest BCUT2D eigenvalue weighted by Crippen LogP contribution is -2.32. The summed E-state index contributed by atoms with van der Waals surface area (Å²) in [5, 5.41) is 5.19. The number of hydrogen-bond donors (Lipinski definition) is 1. The van der Waals surface area contributed by atoms with Crippen LogP contribution in [0.5, 0.6) is 0 Å². The molecule has 1 unspecified atom stereocenters. The lowest BCUT2D eigenvalue weighted by molar-refractivity contribution is -0.125. The maximum absolute atomic E-state index is 12.1. The molecule has 134 valence electrons. The van der Waals surface area contributed by atoms with Crippen molar-refractivity contribution in [3.63, 3.8) is 0 Å². The van der Waals surface area contributed by atoms with Gasteiger partial charge in [-0.25, -0.2) is 9.78 Å². The Morgan fingerprint density at radius 3 is 2.72 bits per heavy atom. The summed E-state index contributed by atoms with van der Waals surface area (Å²) in [4.78, 5) is 28.2. The number of thiazole rings is 1. The van der Waals surface area contributed by atoms with Gasteiger partial charge in [-0.3, -0.25) is 4.79 Å². The molecule has 0 bridgehead atoms. The number of aromatic nitrogens is 1. The lowest BCUT2D eigenvalue weighted by atomic mass is 10.0. The minimum Gasteiger partial charge on any atom is -0.451 e. The Hall–Kier alpha value is -2.25. The van der Waals surface area contributed by atoms with E-state index in [2.05, 4.69) is 17.2 Å². The quantitative estimate of drug-likeness (QED) is 0.694. The first-order valence-corrected chi connectivity index (χ1v) is 8.96. The molecule has 0 radical (unpaired) electrons. The summed E-state index contributed by atoms with van der Waals surface area (Å²) >= 11 is 1.31. The number of carbonyl (C=O) groups excluding carboxylic acids is 2. The van der Waals surface area contributed by atoms with E-state index >= 15 is 0 Å². The minimum absolute atomic E-state index is 0.0926. The number of nitrogens with one attached hydrogen (secondary N) is 1. The highest BCUT2D eigenvalue weighted by molar-refractivity contribution is 7.09. The van der Waals surface area contributed by atoms with Gasteiger partial charge in [0.05, 0.1) is 12.6 Å². The van der Waals surface area contributed by atoms with Gasteiger partial charge in [0.1, 0.15) is 5.01 Å². The predicted octanol–water partition coefficient (Wildman–Crippen LogP) is 3.10. The van der Waals surface area contributed by atoms with E-state index in [9.17, 15) is 9.59 Å². The monoisotopic (exact) mass is 362 g/mol. The van der Waals surface area contributed by atoms with Crippen LogP contribution >= 0.6 is 11.3 Å². The number of nitrogens with zero attached hydrogens (tertiary/aromatic N) is 1. The van der Waals surface area contributed by atoms with Crippen molar-refractivity contribution in [1.82, 2.24) is 10.3 Å². The second-order valence-corrected chi connectivity index (χ2v) is 6.40. The summed E-state index contributed by atoms with van der Waals surface area (Å²) < 4.78 is 10.0. The second kappa shape index (κ2) is 9.90. The molecule has 1 amide bonds. The van der Waals surface area contributed by atoms with Crippen molar-refractivity contribution in [2.75, 3.05) is 13.7 Å². The number of amides is 1. The highest BCUT2D eigenvalue weighted by Crippen LogP contribution is 2.18. The molecule has 1 atom stereocenters. The third kappa shape index (κ3) is 5.95. The van der Waals surface area contributed by atoms with Crippen LogP contribution in [-0.4, -0.2) is 30.6 Å². The van der Waals surface area contributed by atoms with Gasteiger partial charge in [-0.05, 0) is 12.0 Å². The average molecular weight is 362 g/mol. The summed E-state index contributed by atoms with van der Waals surface area (Å²) in [6.45, 7) is 2.07. The van der Waals surface area contributed by atoms with Crippen LogP contribution in [0.3, 0.4) is 0 Å². The molecule has 0 saturated heterocycles. The largest absolute Gasteiger partial charge is 0.451 e. The molecule has 25 heavy (non-hydrogen) atoms. The maximum atomic E-state index is 12.1. The molecule has 0 aliphatic rings. The van der Waals surface area contributed by atoms with Crippen LogP contribution in [0, 0.1) is 0 Å². The molecule has 7 heteroatoms. The van der Waals surface area contributed by atoms with E-state index in [0.29, 0.717) is 11.6 Å². The molecule has 2 rings (SSSR count). The van der Waals surface area contributed by atoms with Crippen molar-refractivity contribution in [3.8, 4) is 0 Å². The average Bonchev–Trinajstić information content (AvgIpc) is 3.09. The Morgan fingerprint density at radius 1 is 1.28 bits per heavy atom.